The highest BCUT2D eigenvalue weighted by atomic mass is 35.5. The number of piperidine rings is 1. The van der Waals surface area contributed by atoms with Crippen LogP contribution in [0.2, 0.25) is 0 Å². The summed E-state index contributed by atoms with van der Waals surface area (Å²) in [5.41, 5.74) is 1.75. The molecule has 1 saturated heterocycles. The number of hydrogen-bond donors (Lipinski definition) is 3. The summed E-state index contributed by atoms with van der Waals surface area (Å²) < 4.78 is 0. The molecule has 5 heteroatoms. The van der Waals surface area contributed by atoms with Crippen LogP contribution in [0.4, 0.5) is 0 Å². The quantitative estimate of drug-likeness (QED) is 0.732. The lowest BCUT2D eigenvalue weighted by molar-refractivity contribution is 0.0930. The zero-order valence-corrected chi connectivity index (χ0v) is 10.2. The third-order valence-corrected chi connectivity index (χ3v) is 2.83. The number of nitrogens with one attached hydrogen (secondary N) is 3. The Kier molecular flexibility index (Phi) is 4.83. The number of carbonyl (C=O) groups excluding carboxylic acids is 1. The minimum absolute atomic E-state index is 0. The predicted molar refractivity (Wildman–Crippen MR) is 66.1 cm³/mol. The fourth-order valence-electron chi connectivity index (χ4n) is 1.92. The third-order valence-electron chi connectivity index (χ3n) is 2.83. The van der Waals surface area contributed by atoms with Gasteiger partial charge in [-0.2, -0.15) is 0 Å². The molecule has 1 aromatic heterocycles. The van der Waals surface area contributed by atoms with Crippen LogP contribution in [0.25, 0.3) is 0 Å². The molecule has 0 spiro atoms. The molecular formula is C11H18ClN3O. The molecule has 0 radical (unpaired) electrons. The summed E-state index contributed by atoms with van der Waals surface area (Å²) >= 11 is 0. The van der Waals surface area contributed by atoms with Gasteiger partial charge in [-0.1, -0.05) is 0 Å². The third kappa shape index (κ3) is 3.00. The van der Waals surface area contributed by atoms with Crippen LogP contribution in [0.3, 0.4) is 0 Å². The molecular weight excluding hydrogens is 226 g/mol. The van der Waals surface area contributed by atoms with Crippen LogP contribution in [-0.2, 0) is 0 Å². The summed E-state index contributed by atoms with van der Waals surface area (Å²) in [5, 5.41) is 6.32. The smallest absolute Gasteiger partial charge is 0.253 e. The van der Waals surface area contributed by atoms with E-state index in [1.807, 2.05) is 13.1 Å². The first-order chi connectivity index (χ1) is 7.27. The fraction of sp³-hybridized carbons (Fsp3) is 0.545. The van der Waals surface area contributed by atoms with Crippen LogP contribution in [0.5, 0.6) is 0 Å². The molecule has 1 fully saturated rings. The van der Waals surface area contributed by atoms with E-state index < -0.39 is 0 Å². The zero-order chi connectivity index (χ0) is 10.7. The van der Waals surface area contributed by atoms with Crippen molar-refractivity contribution in [2.45, 2.75) is 25.8 Å². The Morgan fingerprint density at radius 3 is 2.88 bits per heavy atom. The molecule has 2 heterocycles. The monoisotopic (exact) mass is 243 g/mol. The normalized spacial score (nSPS) is 19.9. The predicted octanol–water partition coefficient (Wildman–Crippen LogP) is 1.23. The first-order valence-electron chi connectivity index (χ1n) is 5.42. The highest BCUT2D eigenvalue weighted by molar-refractivity contribution is 5.95. The summed E-state index contributed by atoms with van der Waals surface area (Å²) in [5.74, 6) is 0.0300. The number of aryl methyl sites for hydroxylation is 1. The van der Waals surface area contributed by atoms with Gasteiger partial charge in [-0.15, -0.1) is 12.4 Å². The van der Waals surface area contributed by atoms with Crippen molar-refractivity contribution in [3.8, 4) is 0 Å². The molecule has 1 aliphatic rings. The van der Waals surface area contributed by atoms with Gasteiger partial charge in [0.25, 0.3) is 5.91 Å². The van der Waals surface area contributed by atoms with Crippen LogP contribution >= 0.6 is 12.4 Å². The number of H-pyrrole nitrogens is 1. The van der Waals surface area contributed by atoms with Crippen molar-refractivity contribution in [3.05, 3.63) is 23.5 Å². The minimum Gasteiger partial charge on any atom is -0.367 e. The van der Waals surface area contributed by atoms with Crippen LogP contribution in [0.15, 0.2) is 12.4 Å². The molecule has 0 aromatic carbocycles. The van der Waals surface area contributed by atoms with Crippen LogP contribution in [-0.4, -0.2) is 30.0 Å². The van der Waals surface area contributed by atoms with E-state index in [0.29, 0.717) is 0 Å². The van der Waals surface area contributed by atoms with E-state index in [-0.39, 0.29) is 24.4 Å². The van der Waals surface area contributed by atoms with Crippen LogP contribution < -0.4 is 10.6 Å². The Morgan fingerprint density at radius 2 is 2.31 bits per heavy atom. The Hall–Kier alpha value is -1.00. The van der Waals surface area contributed by atoms with Gasteiger partial charge in [0.15, 0.2) is 0 Å². The summed E-state index contributed by atoms with van der Waals surface area (Å²) in [6.07, 6.45) is 5.80. The molecule has 16 heavy (non-hydrogen) atoms. The van der Waals surface area contributed by atoms with E-state index in [9.17, 15) is 4.79 Å². The number of carbonyl (C=O) groups is 1. The number of rotatable bonds is 2. The lowest BCUT2D eigenvalue weighted by Crippen LogP contribution is -2.45. The second kappa shape index (κ2) is 5.92. The maximum Gasteiger partial charge on any atom is 0.253 e. The molecule has 1 amide bonds. The average Bonchev–Trinajstić information content (AvgIpc) is 2.66. The number of amides is 1. The Morgan fingerprint density at radius 1 is 1.50 bits per heavy atom. The van der Waals surface area contributed by atoms with Crippen molar-refractivity contribution >= 4 is 18.3 Å². The number of aromatic nitrogens is 1. The van der Waals surface area contributed by atoms with Crippen LogP contribution in [0, 0.1) is 6.92 Å². The molecule has 1 aliphatic heterocycles. The lowest BCUT2D eigenvalue weighted by Gasteiger charge is -2.23. The molecule has 0 saturated carbocycles. The molecule has 0 unspecified atom stereocenters. The molecule has 90 valence electrons. The van der Waals surface area contributed by atoms with Crippen molar-refractivity contribution in [2.75, 3.05) is 13.1 Å². The van der Waals surface area contributed by atoms with Gasteiger partial charge in [-0.25, -0.2) is 0 Å². The summed E-state index contributed by atoms with van der Waals surface area (Å²) in [6, 6.07) is 0.278. The molecule has 2 rings (SSSR count). The van der Waals surface area contributed by atoms with Crippen molar-refractivity contribution < 1.29 is 4.79 Å². The van der Waals surface area contributed by atoms with Crippen molar-refractivity contribution in [1.29, 1.82) is 0 Å². The van der Waals surface area contributed by atoms with E-state index in [1.165, 1.54) is 0 Å². The lowest BCUT2D eigenvalue weighted by atomic mass is 10.1. The topological polar surface area (TPSA) is 56.9 Å². The van der Waals surface area contributed by atoms with E-state index in [2.05, 4.69) is 15.6 Å². The largest absolute Gasteiger partial charge is 0.367 e. The number of halogens is 1. The van der Waals surface area contributed by atoms with Crippen molar-refractivity contribution in [3.63, 3.8) is 0 Å². The minimum atomic E-state index is 0. The first kappa shape index (κ1) is 13.1. The SMILES string of the molecule is Cc1c[nH]cc1C(=O)N[C@H]1CCCNC1.Cl. The summed E-state index contributed by atoms with van der Waals surface area (Å²) in [6.45, 7) is 3.88. The van der Waals surface area contributed by atoms with E-state index >= 15 is 0 Å². The molecule has 0 aliphatic carbocycles. The highest BCUT2D eigenvalue weighted by Gasteiger charge is 2.17. The molecule has 3 N–H and O–H groups in total. The zero-order valence-electron chi connectivity index (χ0n) is 9.38. The highest BCUT2D eigenvalue weighted by Crippen LogP contribution is 2.07. The van der Waals surface area contributed by atoms with Gasteiger partial charge in [0.2, 0.25) is 0 Å². The second-order valence-electron chi connectivity index (χ2n) is 4.07. The van der Waals surface area contributed by atoms with Gasteiger partial charge < -0.3 is 15.6 Å². The van der Waals surface area contributed by atoms with Crippen molar-refractivity contribution in [2.24, 2.45) is 0 Å². The van der Waals surface area contributed by atoms with E-state index in [1.54, 1.807) is 6.20 Å². The van der Waals surface area contributed by atoms with Gasteiger partial charge in [0.05, 0.1) is 5.56 Å². The van der Waals surface area contributed by atoms with Crippen LogP contribution in [0.1, 0.15) is 28.8 Å². The van der Waals surface area contributed by atoms with Crippen molar-refractivity contribution in [1.82, 2.24) is 15.6 Å². The van der Waals surface area contributed by atoms with Gasteiger partial charge in [0.1, 0.15) is 0 Å². The first-order valence-corrected chi connectivity index (χ1v) is 5.42. The van der Waals surface area contributed by atoms with Gasteiger partial charge >= 0.3 is 0 Å². The Balaban J connectivity index is 0.00000128. The second-order valence-corrected chi connectivity index (χ2v) is 4.07. The number of aromatic amines is 1. The van der Waals surface area contributed by atoms with Gasteiger partial charge in [-0.05, 0) is 31.9 Å². The maximum atomic E-state index is 11.8. The fourth-order valence-corrected chi connectivity index (χ4v) is 1.92. The summed E-state index contributed by atoms with van der Waals surface area (Å²) in [4.78, 5) is 14.8. The Labute approximate surface area is 102 Å². The standard InChI is InChI=1S/C11H17N3O.ClH/c1-8-5-13-7-10(8)11(15)14-9-3-2-4-12-6-9;/h5,7,9,12-13H,2-4,6H2,1H3,(H,14,15);1H/t9-;/m0./s1. The summed E-state index contributed by atoms with van der Waals surface area (Å²) in [7, 11) is 0. The molecule has 4 nitrogen and oxygen atoms in total. The Bertz CT molecular complexity index is 345. The van der Waals surface area contributed by atoms with Gasteiger partial charge in [0, 0.05) is 25.0 Å². The molecule has 1 atom stereocenters. The van der Waals surface area contributed by atoms with E-state index in [4.69, 9.17) is 0 Å². The number of hydrogen-bond acceptors (Lipinski definition) is 2. The van der Waals surface area contributed by atoms with E-state index in [0.717, 1.165) is 37.1 Å². The maximum absolute atomic E-state index is 11.8. The molecule has 0 bridgehead atoms. The van der Waals surface area contributed by atoms with Gasteiger partial charge in [-0.3, -0.25) is 4.79 Å². The molecule has 1 aromatic rings. The average molecular weight is 244 g/mol.